The first kappa shape index (κ1) is 13.6. The predicted octanol–water partition coefficient (Wildman–Crippen LogP) is 2.67. The number of amides is 1. The molecule has 0 aliphatic rings. The molecule has 1 amide bonds. The van der Waals surface area contributed by atoms with Crippen molar-refractivity contribution in [1.82, 2.24) is 5.32 Å². The van der Waals surface area contributed by atoms with Crippen LogP contribution in [0.15, 0.2) is 24.3 Å². The van der Waals surface area contributed by atoms with Crippen molar-refractivity contribution in [2.45, 2.75) is 26.7 Å². The molecule has 0 bridgehead atoms. The third kappa shape index (κ3) is 4.10. The Labute approximate surface area is 104 Å². The Morgan fingerprint density at radius 3 is 2.41 bits per heavy atom. The molecule has 0 radical (unpaired) electrons. The number of carbonyl (C=O) groups is 1. The zero-order chi connectivity index (χ0) is 12.7. The van der Waals surface area contributed by atoms with Gasteiger partial charge in [-0.2, -0.15) is 0 Å². The summed E-state index contributed by atoms with van der Waals surface area (Å²) in [6.07, 6.45) is 2.13. The molecule has 3 nitrogen and oxygen atoms in total. The molecule has 0 fully saturated rings. The minimum Gasteiger partial charge on any atom is -0.375 e. The van der Waals surface area contributed by atoms with E-state index in [-0.39, 0.29) is 5.91 Å². The van der Waals surface area contributed by atoms with E-state index in [4.69, 9.17) is 0 Å². The molecule has 0 aliphatic carbocycles. The van der Waals surface area contributed by atoms with E-state index in [0.717, 1.165) is 37.2 Å². The van der Waals surface area contributed by atoms with E-state index in [0.29, 0.717) is 0 Å². The molecule has 0 atom stereocenters. The average Bonchev–Trinajstić information content (AvgIpc) is 2.38. The van der Waals surface area contributed by atoms with Crippen LogP contribution in [0, 0.1) is 0 Å². The first-order chi connectivity index (χ1) is 8.19. The normalized spacial score (nSPS) is 10.1. The number of nitrogens with one attached hydrogen (secondary N) is 1. The highest BCUT2D eigenvalue weighted by Gasteiger charge is 2.05. The highest BCUT2D eigenvalue weighted by atomic mass is 16.1. The molecule has 1 aromatic carbocycles. The van der Waals surface area contributed by atoms with Gasteiger partial charge in [-0.25, -0.2) is 0 Å². The molecule has 0 saturated heterocycles. The molecular formula is C14H22N2O. The van der Waals surface area contributed by atoms with Gasteiger partial charge >= 0.3 is 0 Å². The maximum Gasteiger partial charge on any atom is 0.251 e. The maximum atomic E-state index is 11.7. The van der Waals surface area contributed by atoms with E-state index in [2.05, 4.69) is 24.1 Å². The minimum absolute atomic E-state index is 0.0177. The summed E-state index contributed by atoms with van der Waals surface area (Å²) in [5.74, 6) is 0.0177. The van der Waals surface area contributed by atoms with Crippen LogP contribution in [0.2, 0.25) is 0 Å². The number of rotatable bonds is 6. The molecule has 94 valence electrons. The van der Waals surface area contributed by atoms with Crippen LogP contribution in [0.5, 0.6) is 0 Å². The molecular weight excluding hydrogens is 212 g/mol. The summed E-state index contributed by atoms with van der Waals surface area (Å²) in [5.41, 5.74) is 1.87. The third-order valence-corrected chi connectivity index (χ3v) is 2.86. The first-order valence-corrected chi connectivity index (χ1v) is 6.28. The van der Waals surface area contributed by atoms with Gasteiger partial charge in [-0.3, -0.25) is 4.79 Å². The van der Waals surface area contributed by atoms with Crippen LogP contribution in [0.25, 0.3) is 0 Å². The van der Waals surface area contributed by atoms with Gasteiger partial charge in [-0.15, -0.1) is 0 Å². The van der Waals surface area contributed by atoms with Gasteiger partial charge in [0.1, 0.15) is 0 Å². The van der Waals surface area contributed by atoms with E-state index < -0.39 is 0 Å². The molecule has 1 aromatic rings. The van der Waals surface area contributed by atoms with Crippen LogP contribution in [-0.4, -0.2) is 26.0 Å². The van der Waals surface area contributed by atoms with E-state index >= 15 is 0 Å². The van der Waals surface area contributed by atoms with Gasteiger partial charge in [-0.1, -0.05) is 13.3 Å². The van der Waals surface area contributed by atoms with Gasteiger partial charge in [0, 0.05) is 31.4 Å². The van der Waals surface area contributed by atoms with E-state index in [1.165, 1.54) is 0 Å². The Hall–Kier alpha value is -1.51. The Bertz CT molecular complexity index is 346. The smallest absolute Gasteiger partial charge is 0.251 e. The fourth-order valence-electron chi connectivity index (χ4n) is 1.53. The first-order valence-electron chi connectivity index (χ1n) is 6.28. The second-order valence-electron chi connectivity index (χ2n) is 4.17. The summed E-state index contributed by atoms with van der Waals surface area (Å²) < 4.78 is 0. The van der Waals surface area contributed by atoms with Crippen LogP contribution < -0.4 is 10.2 Å². The summed E-state index contributed by atoms with van der Waals surface area (Å²) >= 11 is 0. The number of benzene rings is 1. The average molecular weight is 234 g/mol. The van der Waals surface area contributed by atoms with Crippen molar-refractivity contribution in [2.24, 2.45) is 0 Å². The second-order valence-corrected chi connectivity index (χ2v) is 4.17. The van der Waals surface area contributed by atoms with Crippen molar-refractivity contribution >= 4 is 11.6 Å². The van der Waals surface area contributed by atoms with Gasteiger partial charge < -0.3 is 10.2 Å². The molecule has 3 heteroatoms. The Morgan fingerprint density at radius 1 is 1.24 bits per heavy atom. The van der Waals surface area contributed by atoms with Gasteiger partial charge in [0.25, 0.3) is 5.91 Å². The summed E-state index contributed by atoms with van der Waals surface area (Å²) in [4.78, 5) is 13.9. The number of carbonyl (C=O) groups excluding carboxylic acids is 1. The summed E-state index contributed by atoms with van der Waals surface area (Å²) in [7, 11) is 2.04. The lowest BCUT2D eigenvalue weighted by Gasteiger charge is -2.16. The Balaban J connectivity index is 2.58. The van der Waals surface area contributed by atoms with Gasteiger partial charge in [0.15, 0.2) is 0 Å². The number of hydrogen-bond donors (Lipinski definition) is 1. The SMILES string of the molecule is CCCCNC(=O)c1ccc(N(C)CC)cc1. The number of hydrogen-bond acceptors (Lipinski definition) is 2. The van der Waals surface area contributed by atoms with Gasteiger partial charge in [0.05, 0.1) is 0 Å². The lowest BCUT2D eigenvalue weighted by molar-refractivity contribution is 0.0953. The maximum absolute atomic E-state index is 11.7. The molecule has 0 spiro atoms. The molecule has 17 heavy (non-hydrogen) atoms. The topological polar surface area (TPSA) is 32.3 Å². The summed E-state index contributed by atoms with van der Waals surface area (Å²) in [5, 5.41) is 2.91. The summed E-state index contributed by atoms with van der Waals surface area (Å²) in [6.45, 7) is 5.93. The molecule has 0 heterocycles. The lowest BCUT2D eigenvalue weighted by Crippen LogP contribution is -2.24. The van der Waals surface area contributed by atoms with Crippen LogP contribution in [0.4, 0.5) is 5.69 Å². The number of unbranched alkanes of at least 4 members (excludes halogenated alkanes) is 1. The largest absolute Gasteiger partial charge is 0.375 e. The minimum atomic E-state index is 0.0177. The van der Waals surface area contributed by atoms with Crippen molar-refractivity contribution in [3.63, 3.8) is 0 Å². The molecule has 0 saturated carbocycles. The zero-order valence-electron chi connectivity index (χ0n) is 11.0. The van der Waals surface area contributed by atoms with Crippen LogP contribution in [-0.2, 0) is 0 Å². The van der Waals surface area contributed by atoms with Gasteiger partial charge in [0.2, 0.25) is 0 Å². The van der Waals surface area contributed by atoms with Crippen molar-refractivity contribution in [3.8, 4) is 0 Å². The molecule has 0 aromatic heterocycles. The van der Waals surface area contributed by atoms with E-state index in [9.17, 15) is 4.79 Å². The highest BCUT2D eigenvalue weighted by Crippen LogP contribution is 2.13. The molecule has 1 rings (SSSR count). The van der Waals surface area contributed by atoms with Crippen molar-refractivity contribution < 1.29 is 4.79 Å². The highest BCUT2D eigenvalue weighted by molar-refractivity contribution is 5.94. The molecule has 1 N–H and O–H groups in total. The van der Waals surface area contributed by atoms with Crippen molar-refractivity contribution in [1.29, 1.82) is 0 Å². The van der Waals surface area contributed by atoms with Crippen molar-refractivity contribution in [2.75, 3.05) is 25.0 Å². The van der Waals surface area contributed by atoms with Crippen LogP contribution in [0.3, 0.4) is 0 Å². The zero-order valence-corrected chi connectivity index (χ0v) is 11.0. The van der Waals surface area contributed by atoms with Gasteiger partial charge in [-0.05, 0) is 37.6 Å². The number of nitrogens with zero attached hydrogens (tertiary/aromatic N) is 1. The summed E-state index contributed by atoms with van der Waals surface area (Å²) in [6, 6.07) is 7.72. The molecule has 0 aliphatic heterocycles. The monoisotopic (exact) mass is 234 g/mol. The fraction of sp³-hybridized carbons (Fsp3) is 0.500. The Kier molecular flexibility index (Phi) is 5.53. The van der Waals surface area contributed by atoms with E-state index in [1.54, 1.807) is 0 Å². The lowest BCUT2D eigenvalue weighted by atomic mass is 10.2. The van der Waals surface area contributed by atoms with Crippen LogP contribution in [0.1, 0.15) is 37.0 Å². The Morgan fingerprint density at radius 2 is 1.88 bits per heavy atom. The van der Waals surface area contributed by atoms with Crippen LogP contribution >= 0.6 is 0 Å². The van der Waals surface area contributed by atoms with Crippen molar-refractivity contribution in [3.05, 3.63) is 29.8 Å². The quantitative estimate of drug-likeness (QED) is 0.767. The number of anilines is 1. The predicted molar refractivity (Wildman–Crippen MR) is 72.6 cm³/mol. The fourth-order valence-corrected chi connectivity index (χ4v) is 1.53. The third-order valence-electron chi connectivity index (χ3n) is 2.86. The standard InChI is InChI=1S/C14H22N2O/c1-4-6-11-15-14(17)12-7-9-13(10-8-12)16(3)5-2/h7-10H,4-6,11H2,1-3H3,(H,15,17). The molecule has 0 unspecified atom stereocenters. The second kappa shape index (κ2) is 6.94. The van der Waals surface area contributed by atoms with E-state index in [1.807, 2.05) is 31.3 Å².